The molecule has 0 saturated carbocycles. The highest BCUT2D eigenvalue weighted by Gasteiger charge is 2.23. The van der Waals surface area contributed by atoms with E-state index in [9.17, 15) is 4.79 Å². The van der Waals surface area contributed by atoms with Crippen molar-refractivity contribution >= 4 is 23.3 Å². The molecule has 4 rings (SSSR count). The normalized spacial score (nSPS) is 14.5. The summed E-state index contributed by atoms with van der Waals surface area (Å²) in [4.78, 5) is 30.9. The number of carbonyl (C=O) groups is 1. The Morgan fingerprint density at radius 1 is 1.00 bits per heavy atom. The van der Waals surface area contributed by atoms with Crippen molar-refractivity contribution in [3.8, 4) is 11.5 Å². The van der Waals surface area contributed by atoms with Crippen molar-refractivity contribution in [2.75, 3.05) is 31.1 Å². The van der Waals surface area contributed by atoms with E-state index in [-0.39, 0.29) is 5.91 Å². The third-order valence-electron chi connectivity index (χ3n) is 5.41. The second-order valence-electron chi connectivity index (χ2n) is 7.44. The van der Waals surface area contributed by atoms with Crippen molar-refractivity contribution in [2.45, 2.75) is 20.3 Å². The molecule has 0 radical (unpaired) electrons. The van der Waals surface area contributed by atoms with E-state index >= 15 is 0 Å². The Balaban J connectivity index is 1.56. The van der Waals surface area contributed by atoms with Gasteiger partial charge in [0.2, 0.25) is 0 Å². The molecule has 6 nitrogen and oxygen atoms in total. The topological polar surface area (TPSA) is 62.2 Å². The molecule has 1 aliphatic heterocycles. The molecule has 0 unspecified atom stereocenters. The van der Waals surface area contributed by atoms with Gasteiger partial charge in [0.15, 0.2) is 5.82 Å². The number of aromatic nitrogens is 3. The summed E-state index contributed by atoms with van der Waals surface area (Å²) in [6.07, 6.45) is 2.62. The second kappa shape index (κ2) is 8.79. The number of amides is 1. The van der Waals surface area contributed by atoms with Crippen LogP contribution >= 0.6 is 11.6 Å². The smallest absolute Gasteiger partial charge is 0.253 e. The number of carbonyl (C=O) groups excluding carboxylic acids is 1. The van der Waals surface area contributed by atoms with E-state index in [0.29, 0.717) is 36.0 Å². The number of rotatable bonds is 3. The second-order valence-corrected chi connectivity index (χ2v) is 7.88. The molecule has 0 spiro atoms. The molecule has 30 heavy (non-hydrogen) atoms. The Bertz CT molecular complexity index is 1060. The standard InChI is InChI=1S/C23H24ClN5O/c1-16-17(2)26-21(20-9-3-4-10-25-20)27-22(16)28-11-6-12-29(14-13-28)23(30)18-7-5-8-19(24)15-18/h3-5,7-10,15H,6,11-14H2,1-2H3. The molecule has 1 amide bonds. The van der Waals surface area contributed by atoms with Gasteiger partial charge in [-0.2, -0.15) is 0 Å². The minimum atomic E-state index is 0.0177. The van der Waals surface area contributed by atoms with Crippen LogP contribution in [0.25, 0.3) is 11.5 Å². The fraction of sp³-hybridized carbons (Fsp3) is 0.304. The van der Waals surface area contributed by atoms with Crippen LogP contribution in [0.5, 0.6) is 0 Å². The summed E-state index contributed by atoms with van der Waals surface area (Å²) in [5.74, 6) is 1.56. The van der Waals surface area contributed by atoms with Crippen molar-refractivity contribution in [3.05, 3.63) is 70.5 Å². The molecule has 7 heteroatoms. The molecule has 3 aromatic rings. The van der Waals surface area contributed by atoms with E-state index in [1.54, 1.807) is 18.3 Å². The molecule has 0 aliphatic carbocycles. The van der Waals surface area contributed by atoms with Crippen LogP contribution in [0, 0.1) is 13.8 Å². The monoisotopic (exact) mass is 421 g/mol. The third kappa shape index (κ3) is 4.28. The van der Waals surface area contributed by atoms with E-state index in [2.05, 4.69) is 14.9 Å². The number of nitrogens with zero attached hydrogens (tertiary/aromatic N) is 5. The van der Waals surface area contributed by atoms with E-state index in [0.717, 1.165) is 35.7 Å². The van der Waals surface area contributed by atoms with Crippen LogP contribution in [0.15, 0.2) is 48.7 Å². The predicted octanol–water partition coefficient (Wildman–Crippen LogP) is 4.16. The molecule has 1 saturated heterocycles. The number of hydrogen-bond donors (Lipinski definition) is 0. The Labute approximate surface area is 181 Å². The van der Waals surface area contributed by atoms with E-state index in [1.807, 2.05) is 49.1 Å². The van der Waals surface area contributed by atoms with Gasteiger partial charge in [0.1, 0.15) is 11.5 Å². The largest absolute Gasteiger partial charge is 0.354 e. The van der Waals surface area contributed by atoms with Crippen LogP contribution in [0.2, 0.25) is 5.02 Å². The number of aryl methyl sites for hydroxylation is 1. The first kappa shape index (κ1) is 20.3. The zero-order valence-electron chi connectivity index (χ0n) is 17.2. The molecule has 154 valence electrons. The van der Waals surface area contributed by atoms with Crippen LogP contribution in [0.1, 0.15) is 28.0 Å². The molecule has 2 aromatic heterocycles. The first-order valence-corrected chi connectivity index (χ1v) is 10.5. The minimum absolute atomic E-state index is 0.0177. The van der Waals surface area contributed by atoms with Gasteiger partial charge < -0.3 is 9.80 Å². The first-order chi connectivity index (χ1) is 14.5. The van der Waals surface area contributed by atoms with E-state index < -0.39 is 0 Å². The Kier molecular flexibility index (Phi) is 5.95. The van der Waals surface area contributed by atoms with Gasteiger partial charge >= 0.3 is 0 Å². The summed E-state index contributed by atoms with van der Waals surface area (Å²) < 4.78 is 0. The molecule has 0 bridgehead atoms. The average molecular weight is 422 g/mol. The summed E-state index contributed by atoms with van der Waals surface area (Å²) in [6.45, 7) is 6.93. The van der Waals surface area contributed by atoms with E-state index in [4.69, 9.17) is 16.6 Å². The fourth-order valence-electron chi connectivity index (χ4n) is 3.67. The van der Waals surface area contributed by atoms with Crippen LogP contribution in [-0.2, 0) is 0 Å². The summed E-state index contributed by atoms with van der Waals surface area (Å²) in [6, 6.07) is 12.9. The number of benzene rings is 1. The minimum Gasteiger partial charge on any atom is -0.354 e. The highest BCUT2D eigenvalue weighted by molar-refractivity contribution is 6.30. The maximum Gasteiger partial charge on any atom is 0.253 e. The van der Waals surface area contributed by atoms with Gasteiger partial charge in [0, 0.05) is 54.2 Å². The lowest BCUT2D eigenvalue weighted by Gasteiger charge is -2.25. The van der Waals surface area contributed by atoms with Crippen LogP contribution in [0.4, 0.5) is 5.82 Å². The van der Waals surface area contributed by atoms with Crippen molar-refractivity contribution in [1.82, 2.24) is 19.9 Å². The molecule has 1 fully saturated rings. The Morgan fingerprint density at radius 2 is 1.87 bits per heavy atom. The van der Waals surface area contributed by atoms with Crippen molar-refractivity contribution < 1.29 is 4.79 Å². The zero-order valence-corrected chi connectivity index (χ0v) is 17.9. The Morgan fingerprint density at radius 3 is 2.63 bits per heavy atom. The average Bonchev–Trinajstić information content (AvgIpc) is 3.02. The van der Waals surface area contributed by atoms with Crippen molar-refractivity contribution in [3.63, 3.8) is 0 Å². The lowest BCUT2D eigenvalue weighted by Crippen LogP contribution is -2.35. The van der Waals surface area contributed by atoms with Crippen molar-refractivity contribution in [1.29, 1.82) is 0 Å². The fourth-order valence-corrected chi connectivity index (χ4v) is 3.86. The molecule has 1 aromatic carbocycles. The summed E-state index contributed by atoms with van der Waals surface area (Å²) in [5, 5.41) is 0.575. The van der Waals surface area contributed by atoms with Crippen LogP contribution in [-0.4, -0.2) is 51.9 Å². The third-order valence-corrected chi connectivity index (χ3v) is 5.65. The number of hydrogen-bond acceptors (Lipinski definition) is 5. The van der Waals surface area contributed by atoms with Crippen molar-refractivity contribution in [2.24, 2.45) is 0 Å². The van der Waals surface area contributed by atoms with Gasteiger partial charge in [-0.15, -0.1) is 0 Å². The van der Waals surface area contributed by atoms with Crippen LogP contribution in [0.3, 0.4) is 0 Å². The molecular formula is C23H24ClN5O. The maximum atomic E-state index is 12.9. The summed E-state index contributed by atoms with van der Waals surface area (Å²) >= 11 is 6.06. The number of halogens is 1. The number of pyridine rings is 1. The van der Waals surface area contributed by atoms with Gasteiger partial charge in [-0.05, 0) is 50.6 Å². The number of anilines is 1. The van der Waals surface area contributed by atoms with Gasteiger partial charge in [-0.3, -0.25) is 9.78 Å². The van der Waals surface area contributed by atoms with E-state index in [1.165, 1.54) is 0 Å². The quantitative estimate of drug-likeness (QED) is 0.635. The molecule has 1 aliphatic rings. The van der Waals surface area contributed by atoms with Gasteiger partial charge in [-0.1, -0.05) is 23.7 Å². The Hall–Kier alpha value is -2.99. The maximum absolute atomic E-state index is 12.9. The molecule has 0 N–H and O–H groups in total. The lowest BCUT2D eigenvalue weighted by molar-refractivity contribution is 0.0767. The molecule has 3 heterocycles. The zero-order chi connectivity index (χ0) is 21.1. The molecular weight excluding hydrogens is 398 g/mol. The highest BCUT2D eigenvalue weighted by atomic mass is 35.5. The van der Waals surface area contributed by atoms with Gasteiger partial charge in [0.25, 0.3) is 5.91 Å². The summed E-state index contributed by atoms with van der Waals surface area (Å²) in [5.41, 5.74) is 3.39. The van der Waals surface area contributed by atoms with Crippen LogP contribution < -0.4 is 4.90 Å². The van der Waals surface area contributed by atoms with Gasteiger partial charge in [0.05, 0.1) is 0 Å². The predicted molar refractivity (Wildman–Crippen MR) is 119 cm³/mol. The lowest BCUT2D eigenvalue weighted by atomic mass is 10.2. The first-order valence-electron chi connectivity index (χ1n) is 10.1. The SMILES string of the molecule is Cc1nc(-c2ccccn2)nc(N2CCCN(C(=O)c3cccc(Cl)c3)CC2)c1C. The van der Waals surface area contributed by atoms with Gasteiger partial charge in [-0.25, -0.2) is 9.97 Å². The molecule has 0 atom stereocenters. The summed E-state index contributed by atoms with van der Waals surface area (Å²) in [7, 11) is 0. The highest BCUT2D eigenvalue weighted by Crippen LogP contribution is 2.25.